The Labute approximate surface area is 132 Å². The Kier molecular flexibility index (Phi) is 5.29. The highest BCUT2D eigenvalue weighted by atomic mass is 32.1. The van der Waals surface area contributed by atoms with Gasteiger partial charge in [0.15, 0.2) is 0 Å². The lowest BCUT2D eigenvalue weighted by atomic mass is 10.2. The highest BCUT2D eigenvalue weighted by molar-refractivity contribution is 7.09. The van der Waals surface area contributed by atoms with Gasteiger partial charge >= 0.3 is 0 Å². The molecule has 1 amide bonds. The number of ether oxygens (including phenoxy) is 2. The van der Waals surface area contributed by atoms with Gasteiger partial charge in [-0.15, -0.1) is 0 Å². The molecule has 118 valence electrons. The summed E-state index contributed by atoms with van der Waals surface area (Å²) in [6.45, 7) is 3.97. The molecular formula is C14H17N3O4S. The summed E-state index contributed by atoms with van der Waals surface area (Å²) >= 11 is 1.09. The van der Waals surface area contributed by atoms with E-state index in [1.165, 1.54) is 12.1 Å². The maximum absolute atomic E-state index is 12.2. The number of amides is 1. The van der Waals surface area contributed by atoms with Crippen molar-refractivity contribution in [2.24, 2.45) is 0 Å². The van der Waals surface area contributed by atoms with Crippen LogP contribution in [0, 0.1) is 6.92 Å². The van der Waals surface area contributed by atoms with Crippen molar-refractivity contribution in [3.8, 4) is 11.5 Å². The Morgan fingerprint density at radius 1 is 1.45 bits per heavy atom. The highest BCUT2D eigenvalue weighted by Gasteiger charge is 2.13. The first-order valence-electron chi connectivity index (χ1n) is 6.59. The second kappa shape index (κ2) is 7.19. The summed E-state index contributed by atoms with van der Waals surface area (Å²) in [7, 11) is 1.57. The zero-order valence-corrected chi connectivity index (χ0v) is 13.3. The van der Waals surface area contributed by atoms with Crippen LogP contribution in [-0.2, 0) is 4.74 Å². The fraction of sp³-hybridized carbons (Fsp3) is 0.357. The molecule has 2 aromatic rings. The Balaban J connectivity index is 2.12. The van der Waals surface area contributed by atoms with E-state index in [9.17, 15) is 9.90 Å². The lowest BCUT2D eigenvalue weighted by Crippen LogP contribution is -2.18. The number of carbonyl (C=O) groups excluding carboxylic acids is 1. The summed E-state index contributed by atoms with van der Waals surface area (Å²) in [5.74, 6) is 0.536. The van der Waals surface area contributed by atoms with E-state index >= 15 is 0 Å². The number of aryl methyl sites for hydroxylation is 1. The molecule has 0 saturated carbocycles. The van der Waals surface area contributed by atoms with Crippen molar-refractivity contribution in [2.45, 2.75) is 20.0 Å². The third-order valence-electron chi connectivity index (χ3n) is 2.64. The SMILES string of the molecule is COC[C@H](C)Oc1cc(O)cc(C(=O)Nc2nc(C)ns2)c1. The molecule has 0 spiro atoms. The summed E-state index contributed by atoms with van der Waals surface area (Å²) in [5.41, 5.74) is 0.271. The molecule has 2 N–H and O–H groups in total. The van der Waals surface area contributed by atoms with Crippen molar-refractivity contribution in [1.29, 1.82) is 0 Å². The number of rotatable bonds is 6. The molecule has 0 aliphatic heterocycles. The standard InChI is InChI=1S/C14H17N3O4S/c1-8(7-20-3)21-12-5-10(4-11(18)6-12)13(19)16-14-15-9(2)17-22-14/h4-6,8,18H,7H2,1-3H3,(H,15,16,17,19)/t8-/m0/s1. The van der Waals surface area contributed by atoms with Crippen LogP contribution in [0.5, 0.6) is 11.5 Å². The first-order valence-corrected chi connectivity index (χ1v) is 7.36. The van der Waals surface area contributed by atoms with E-state index in [4.69, 9.17) is 9.47 Å². The average Bonchev–Trinajstić information content (AvgIpc) is 2.83. The van der Waals surface area contributed by atoms with Crippen molar-refractivity contribution in [2.75, 3.05) is 19.0 Å². The molecule has 0 fully saturated rings. The number of carbonyl (C=O) groups is 1. The van der Waals surface area contributed by atoms with Crippen molar-refractivity contribution in [3.63, 3.8) is 0 Å². The largest absolute Gasteiger partial charge is 0.508 e. The van der Waals surface area contributed by atoms with Crippen LogP contribution in [-0.4, -0.2) is 40.2 Å². The molecule has 0 radical (unpaired) electrons. The molecular weight excluding hydrogens is 306 g/mol. The van der Waals surface area contributed by atoms with Crippen molar-refractivity contribution in [1.82, 2.24) is 9.36 Å². The number of aromatic nitrogens is 2. The predicted molar refractivity (Wildman–Crippen MR) is 82.7 cm³/mol. The van der Waals surface area contributed by atoms with E-state index in [1.807, 2.05) is 6.92 Å². The van der Waals surface area contributed by atoms with Crippen LogP contribution in [0.15, 0.2) is 18.2 Å². The normalized spacial score (nSPS) is 12.0. The second-order valence-corrected chi connectivity index (χ2v) is 5.45. The van der Waals surface area contributed by atoms with Crippen LogP contribution in [0.25, 0.3) is 0 Å². The third-order valence-corrected chi connectivity index (χ3v) is 3.36. The molecule has 1 heterocycles. The van der Waals surface area contributed by atoms with E-state index in [2.05, 4.69) is 14.7 Å². The van der Waals surface area contributed by atoms with E-state index in [0.29, 0.717) is 23.3 Å². The lowest BCUT2D eigenvalue weighted by Gasteiger charge is -2.14. The number of nitrogens with one attached hydrogen (secondary N) is 1. The molecule has 0 saturated heterocycles. The van der Waals surface area contributed by atoms with Gasteiger partial charge in [-0.05, 0) is 26.0 Å². The molecule has 1 atom stereocenters. The summed E-state index contributed by atoms with van der Waals surface area (Å²) in [6.07, 6.45) is -0.200. The van der Waals surface area contributed by atoms with Crippen molar-refractivity contribution >= 4 is 22.6 Å². The number of aromatic hydroxyl groups is 1. The molecule has 0 aliphatic rings. The number of anilines is 1. The van der Waals surface area contributed by atoms with Crippen LogP contribution in [0.4, 0.5) is 5.13 Å². The summed E-state index contributed by atoms with van der Waals surface area (Å²) in [5, 5.41) is 12.8. The smallest absolute Gasteiger partial charge is 0.257 e. The van der Waals surface area contributed by atoms with Crippen molar-refractivity contribution in [3.05, 3.63) is 29.6 Å². The Morgan fingerprint density at radius 3 is 2.86 bits per heavy atom. The number of hydrogen-bond acceptors (Lipinski definition) is 7. The molecule has 1 aromatic heterocycles. The molecule has 8 heteroatoms. The molecule has 0 bridgehead atoms. The molecule has 1 aromatic carbocycles. The van der Waals surface area contributed by atoms with E-state index in [0.717, 1.165) is 11.5 Å². The Morgan fingerprint density at radius 2 is 2.23 bits per heavy atom. The van der Waals surface area contributed by atoms with E-state index < -0.39 is 5.91 Å². The molecule has 0 aliphatic carbocycles. The van der Waals surface area contributed by atoms with Gasteiger partial charge in [0, 0.05) is 30.3 Å². The Hall–Kier alpha value is -2.19. The quantitative estimate of drug-likeness (QED) is 0.846. The van der Waals surface area contributed by atoms with Crippen LogP contribution in [0.3, 0.4) is 0 Å². The first-order chi connectivity index (χ1) is 10.5. The third kappa shape index (κ3) is 4.40. The van der Waals surface area contributed by atoms with Gasteiger partial charge in [-0.25, -0.2) is 4.98 Å². The van der Waals surface area contributed by atoms with E-state index in [1.54, 1.807) is 20.1 Å². The van der Waals surface area contributed by atoms with Gasteiger partial charge in [-0.1, -0.05) is 0 Å². The minimum Gasteiger partial charge on any atom is -0.508 e. The van der Waals surface area contributed by atoms with Gasteiger partial charge in [0.2, 0.25) is 5.13 Å². The second-order valence-electron chi connectivity index (χ2n) is 4.70. The number of hydrogen-bond donors (Lipinski definition) is 2. The first kappa shape index (κ1) is 16.2. The van der Waals surface area contributed by atoms with Gasteiger partial charge in [0.05, 0.1) is 6.61 Å². The summed E-state index contributed by atoms with van der Waals surface area (Å²) in [4.78, 5) is 16.2. The van der Waals surface area contributed by atoms with Crippen LogP contribution in [0.2, 0.25) is 0 Å². The lowest BCUT2D eigenvalue weighted by molar-refractivity contribution is 0.0915. The van der Waals surface area contributed by atoms with Crippen molar-refractivity contribution < 1.29 is 19.4 Å². The van der Waals surface area contributed by atoms with Gasteiger partial charge < -0.3 is 14.6 Å². The molecule has 0 unspecified atom stereocenters. The van der Waals surface area contributed by atoms with Gasteiger partial charge in [0.25, 0.3) is 5.91 Å². The predicted octanol–water partition coefficient (Wildman–Crippen LogP) is 2.22. The van der Waals surface area contributed by atoms with E-state index in [-0.39, 0.29) is 17.4 Å². The molecule has 2 rings (SSSR count). The number of nitrogens with zero attached hydrogens (tertiary/aromatic N) is 2. The average molecular weight is 323 g/mol. The maximum Gasteiger partial charge on any atom is 0.257 e. The minimum atomic E-state index is -0.392. The number of benzene rings is 1. The zero-order chi connectivity index (χ0) is 16.1. The number of phenols is 1. The summed E-state index contributed by atoms with van der Waals surface area (Å²) in [6, 6.07) is 4.35. The van der Waals surface area contributed by atoms with Crippen LogP contribution in [0.1, 0.15) is 23.1 Å². The monoisotopic (exact) mass is 323 g/mol. The van der Waals surface area contributed by atoms with Crippen LogP contribution >= 0.6 is 11.5 Å². The minimum absolute atomic E-state index is 0.0549. The topological polar surface area (TPSA) is 93.6 Å². The van der Waals surface area contributed by atoms with Gasteiger partial charge in [-0.3, -0.25) is 10.1 Å². The van der Waals surface area contributed by atoms with Gasteiger partial charge in [-0.2, -0.15) is 4.37 Å². The van der Waals surface area contributed by atoms with Gasteiger partial charge in [0.1, 0.15) is 23.4 Å². The zero-order valence-electron chi connectivity index (χ0n) is 12.5. The number of methoxy groups -OCH3 is 1. The Bertz CT molecular complexity index is 659. The summed E-state index contributed by atoms with van der Waals surface area (Å²) < 4.78 is 14.6. The number of phenolic OH excluding ortho intramolecular Hbond substituents is 1. The fourth-order valence-corrected chi connectivity index (χ4v) is 2.37. The highest BCUT2D eigenvalue weighted by Crippen LogP contribution is 2.24. The molecule has 7 nitrogen and oxygen atoms in total. The maximum atomic E-state index is 12.2. The fourth-order valence-electron chi connectivity index (χ4n) is 1.80. The van der Waals surface area contributed by atoms with Crippen LogP contribution < -0.4 is 10.1 Å². The molecule has 22 heavy (non-hydrogen) atoms.